The smallest absolute Gasteiger partial charge is 0.262 e. The highest BCUT2D eigenvalue weighted by atomic mass is 32.1. The minimum absolute atomic E-state index is 0.0747. The summed E-state index contributed by atoms with van der Waals surface area (Å²) in [6.07, 6.45) is 5.42. The first-order chi connectivity index (χ1) is 15.1. The Kier molecular flexibility index (Phi) is 6.57. The van der Waals surface area contributed by atoms with E-state index in [1.165, 1.54) is 40.8 Å². The van der Waals surface area contributed by atoms with Crippen molar-refractivity contribution in [1.82, 2.24) is 4.98 Å². The molecule has 31 heavy (non-hydrogen) atoms. The van der Waals surface area contributed by atoms with Gasteiger partial charge < -0.3 is 10.1 Å². The van der Waals surface area contributed by atoms with Crippen LogP contribution in [0.5, 0.6) is 5.75 Å². The number of anilines is 2. The highest BCUT2D eigenvalue weighted by molar-refractivity contribution is 7.15. The number of aromatic nitrogens is 1. The minimum atomic E-state index is -0.530. The quantitative estimate of drug-likeness (QED) is 0.540. The molecule has 4 rings (SSSR count). The zero-order valence-electron chi connectivity index (χ0n) is 16.8. The molecule has 0 bridgehead atoms. The number of hydrogen-bond donors (Lipinski definition) is 2. The molecule has 0 unspecified atom stereocenters. The maximum absolute atomic E-state index is 13.7. The molecule has 6 nitrogen and oxygen atoms in total. The molecule has 0 spiro atoms. The van der Waals surface area contributed by atoms with Crippen molar-refractivity contribution in [2.75, 3.05) is 17.2 Å². The first kappa shape index (κ1) is 21.0. The van der Waals surface area contributed by atoms with Gasteiger partial charge in [-0.3, -0.25) is 14.9 Å². The van der Waals surface area contributed by atoms with Gasteiger partial charge in [0.15, 0.2) is 11.7 Å². The van der Waals surface area contributed by atoms with Gasteiger partial charge in [-0.1, -0.05) is 30.7 Å². The number of halogens is 1. The fraction of sp³-hybridized carbons (Fsp3) is 0.261. The molecule has 0 radical (unpaired) electrons. The van der Waals surface area contributed by atoms with Crippen LogP contribution in [0.25, 0.3) is 0 Å². The number of nitrogens with one attached hydrogen (secondary N) is 2. The second-order valence-corrected chi connectivity index (χ2v) is 8.30. The number of hydrogen-bond acceptors (Lipinski definition) is 5. The molecule has 0 saturated heterocycles. The van der Waals surface area contributed by atoms with Crippen molar-refractivity contribution in [3.05, 3.63) is 70.5 Å². The van der Waals surface area contributed by atoms with E-state index in [-0.39, 0.29) is 24.0 Å². The average Bonchev–Trinajstić information content (AvgIpc) is 3.01. The van der Waals surface area contributed by atoms with Crippen LogP contribution in [0.3, 0.4) is 0 Å². The molecule has 3 aromatic rings. The Bertz CT molecular complexity index is 1080. The summed E-state index contributed by atoms with van der Waals surface area (Å²) in [6, 6.07) is 12.6. The van der Waals surface area contributed by atoms with Crippen molar-refractivity contribution in [3.63, 3.8) is 0 Å². The number of para-hydroxylation sites is 2. The van der Waals surface area contributed by atoms with Gasteiger partial charge in [0.05, 0.1) is 16.9 Å². The number of fused-ring (bicyclic) bond motifs is 1. The van der Waals surface area contributed by atoms with E-state index < -0.39 is 11.7 Å². The summed E-state index contributed by atoms with van der Waals surface area (Å²) in [5, 5.41) is 5.88. The Morgan fingerprint density at radius 2 is 1.77 bits per heavy atom. The Hall–Kier alpha value is -3.26. The SMILES string of the molecule is O=C(COc1ccccc1C(=O)Nc1nc2c(s1)CCCCC2)Nc1ccccc1F. The van der Waals surface area contributed by atoms with Gasteiger partial charge in [0.25, 0.3) is 11.8 Å². The topological polar surface area (TPSA) is 80.3 Å². The molecule has 2 N–H and O–H groups in total. The molecule has 2 amide bonds. The predicted octanol–water partition coefficient (Wildman–Crippen LogP) is 4.82. The molecule has 0 saturated carbocycles. The number of benzene rings is 2. The van der Waals surface area contributed by atoms with E-state index in [2.05, 4.69) is 15.6 Å². The van der Waals surface area contributed by atoms with E-state index in [1.807, 2.05) is 0 Å². The van der Waals surface area contributed by atoms with Crippen LogP contribution in [0.15, 0.2) is 48.5 Å². The van der Waals surface area contributed by atoms with Gasteiger partial charge in [-0.05, 0) is 49.9 Å². The van der Waals surface area contributed by atoms with Gasteiger partial charge in [0.2, 0.25) is 0 Å². The average molecular weight is 440 g/mol. The van der Waals surface area contributed by atoms with Crippen molar-refractivity contribution in [3.8, 4) is 5.75 Å². The van der Waals surface area contributed by atoms with Crippen LogP contribution < -0.4 is 15.4 Å². The summed E-state index contributed by atoms with van der Waals surface area (Å²) in [7, 11) is 0. The number of rotatable bonds is 6. The number of aryl methyl sites for hydroxylation is 2. The summed E-state index contributed by atoms with van der Waals surface area (Å²) in [6.45, 7) is -0.357. The van der Waals surface area contributed by atoms with Crippen molar-refractivity contribution in [2.45, 2.75) is 32.1 Å². The lowest BCUT2D eigenvalue weighted by atomic mass is 10.2. The fourth-order valence-corrected chi connectivity index (χ4v) is 4.46. The zero-order chi connectivity index (χ0) is 21.6. The number of carbonyl (C=O) groups is 2. The van der Waals surface area contributed by atoms with Crippen LogP contribution in [0.4, 0.5) is 15.2 Å². The first-order valence-corrected chi connectivity index (χ1v) is 11.0. The highest BCUT2D eigenvalue weighted by Gasteiger charge is 2.18. The van der Waals surface area contributed by atoms with Gasteiger partial charge in [-0.15, -0.1) is 11.3 Å². The predicted molar refractivity (Wildman–Crippen MR) is 118 cm³/mol. The largest absolute Gasteiger partial charge is 0.483 e. The second kappa shape index (κ2) is 9.70. The Labute approximate surface area is 183 Å². The van der Waals surface area contributed by atoms with E-state index in [0.717, 1.165) is 31.4 Å². The molecule has 1 aliphatic rings. The van der Waals surface area contributed by atoms with Crippen molar-refractivity contribution in [1.29, 1.82) is 0 Å². The molecular weight excluding hydrogens is 417 g/mol. The van der Waals surface area contributed by atoms with Gasteiger partial charge in [0, 0.05) is 4.88 Å². The summed E-state index contributed by atoms with van der Waals surface area (Å²) in [4.78, 5) is 30.8. The summed E-state index contributed by atoms with van der Waals surface area (Å²) in [5.74, 6) is -1.14. The Morgan fingerprint density at radius 1 is 1.00 bits per heavy atom. The lowest BCUT2D eigenvalue weighted by Gasteiger charge is -2.11. The van der Waals surface area contributed by atoms with E-state index in [9.17, 15) is 14.0 Å². The monoisotopic (exact) mass is 439 g/mol. The summed E-state index contributed by atoms with van der Waals surface area (Å²) >= 11 is 1.51. The number of nitrogens with zero attached hydrogens (tertiary/aromatic N) is 1. The fourth-order valence-electron chi connectivity index (χ4n) is 3.42. The van der Waals surface area contributed by atoms with Crippen LogP contribution in [0.2, 0.25) is 0 Å². The number of thiazole rings is 1. The summed E-state index contributed by atoms with van der Waals surface area (Å²) in [5.41, 5.74) is 1.45. The third-order valence-electron chi connectivity index (χ3n) is 4.95. The zero-order valence-corrected chi connectivity index (χ0v) is 17.6. The van der Waals surface area contributed by atoms with Crippen LogP contribution in [-0.2, 0) is 17.6 Å². The lowest BCUT2D eigenvalue weighted by Crippen LogP contribution is -2.22. The molecule has 2 aromatic carbocycles. The molecule has 160 valence electrons. The van der Waals surface area contributed by atoms with Gasteiger partial charge in [0.1, 0.15) is 11.6 Å². The molecule has 0 atom stereocenters. The Balaban J connectivity index is 1.40. The first-order valence-electron chi connectivity index (χ1n) is 10.2. The molecular formula is C23H22FN3O3S. The number of amides is 2. The Morgan fingerprint density at radius 3 is 2.65 bits per heavy atom. The van der Waals surface area contributed by atoms with Gasteiger partial charge >= 0.3 is 0 Å². The van der Waals surface area contributed by atoms with Crippen LogP contribution in [0.1, 0.15) is 40.2 Å². The van der Waals surface area contributed by atoms with E-state index in [0.29, 0.717) is 10.7 Å². The van der Waals surface area contributed by atoms with E-state index in [1.54, 1.807) is 30.3 Å². The van der Waals surface area contributed by atoms with E-state index >= 15 is 0 Å². The lowest BCUT2D eigenvalue weighted by molar-refractivity contribution is -0.118. The molecule has 1 aliphatic carbocycles. The third-order valence-corrected chi connectivity index (χ3v) is 6.03. The summed E-state index contributed by atoms with van der Waals surface area (Å²) < 4.78 is 19.2. The molecule has 0 aliphatic heterocycles. The van der Waals surface area contributed by atoms with Crippen LogP contribution >= 0.6 is 11.3 Å². The van der Waals surface area contributed by atoms with Crippen molar-refractivity contribution < 1.29 is 18.7 Å². The molecule has 8 heteroatoms. The third kappa shape index (κ3) is 5.27. The van der Waals surface area contributed by atoms with Gasteiger partial charge in [-0.25, -0.2) is 9.37 Å². The number of ether oxygens (including phenoxy) is 1. The van der Waals surface area contributed by atoms with Crippen molar-refractivity contribution >= 4 is 34.0 Å². The van der Waals surface area contributed by atoms with Crippen molar-refractivity contribution in [2.24, 2.45) is 0 Å². The molecule has 1 aromatic heterocycles. The second-order valence-electron chi connectivity index (χ2n) is 7.22. The minimum Gasteiger partial charge on any atom is -0.483 e. The van der Waals surface area contributed by atoms with Crippen LogP contribution in [-0.4, -0.2) is 23.4 Å². The maximum Gasteiger partial charge on any atom is 0.262 e. The van der Waals surface area contributed by atoms with Gasteiger partial charge in [-0.2, -0.15) is 0 Å². The molecule has 1 heterocycles. The standard InChI is InChI=1S/C23H22FN3O3S/c24-16-9-5-6-10-17(16)25-21(28)14-30-19-12-7-4-8-15(19)22(29)27-23-26-18-11-2-1-3-13-20(18)31-23/h4-10,12H,1-3,11,13-14H2,(H,25,28)(H,26,27,29). The van der Waals surface area contributed by atoms with Crippen LogP contribution in [0, 0.1) is 5.82 Å². The normalized spacial score (nSPS) is 13.1. The van der Waals surface area contributed by atoms with E-state index in [4.69, 9.17) is 4.74 Å². The molecule has 0 fully saturated rings. The highest BCUT2D eigenvalue weighted by Crippen LogP contribution is 2.30. The number of carbonyl (C=O) groups excluding carboxylic acids is 2. The maximum atomic E-state index is 13.7.